The number of nitrogens with zero attached hydrogens (tertiary/aromatic N) is 3. The lowest BCUT2D eigenvalue weighted by atomic mass is 9.93. The quantitative estimate of drug-likeness (QED) is 0.855. The normalized spacial score (nSPS) is 16.2. The standard InChI is InChI=1S/C14H16N4O2/c1-9-3-2-4-11(16-9)13-17-18-14(20-13)12(19)10-5-7-15-8-6-10/h2-4,10,15H,5-8H2,1H3. The Morgan fingerprint density at radius 3 is 2.85 bits per heavy atom. The number of carbonyl (C=O) groups excluding carboxylic acids is 1. The summed E-state index contributed by atoms with van der Waals surface area (Å²) < 4.78 is 5.49. The monoisotopic (exact) mass is 272 g/mol. The molecule has 2 aromatic heterocycles. The zero-order valence-electron chi connectivity index (χ0n) is 11.3. The van der Waals surface area contributed by atoms with Crippen LogP contribution in [-0.2, 0) is 0 Å². The van der Waals surface area contributed by atoms with Crippen LogP contribution in [-0.4, -0.2) is 34.1 Å². The Bertz CT molecular complexity index is 617. The third-order valence-electron chi connectivity index (χ3n) is 3.45. The molecule has 20 heavy (non-hydrogen) atoms. The molecule has 1 aliphatic rings. The van der Waals surface area contributed by atoms with E-state index in [1.807, 2.05) is 19.1 Å². The van der Waals surface area contributed by atoms with Gasteiger partial charge in [0.15, 0.2) is 0 Å². The maximum Gasteiger partial charge on any atom is 0.284 e. The molecule has 104 valence electrons. The number of aromatic nitrogens is 3. The van der Waals surface area contributed by atoms with E-state index in [1.165, 1.54) is 0 Å². The molecule has 0 bridgehead atoms. The van der Waals surface area contributed by atoms with Gasteiger partial charge in [-0.1, -0.05) is 6.07 Å². The van der Waals surface area contributed by atoms with Crippen LogP contribution >= 0.6 is 0 Å². The number of nitrogens with one attached hydrogen (secondary N) is 1. The van der Waals surface area contributed by atoms with Crippen molar-refractivity contribution in [2.75, 3.05) is 13.1 Å². The average molecular weight is 272 g/mol. The van der Waals surface area contributed by atoms with Gasteiger partial charge in [0.25, 0.3) is 11.8 Å². The van der Waals surface area contributed by atoms with Gasteiger partial charge in [-0.15, -0.1) is 10.2 Å². The molecule has 0 aliphatic carbocycles. The van der Waals surface area contributed by atoms with Crippen LogP contribution in [0.2, 0.25) is 0 Å². The number of Topliss-reactive ketones (excluding diaryl/α,β-unsaturated/α-hetero) is 1. The molecule has 2 aromatic rings. The van der Waals surface area contributed by atoms with Gasteiger partial charge < -0.3 is 9.73 Å². The number of pyridine rings is 1. The lowest BCUT2D eigenvalue weighted by Crippen LogP contribution is -2.32. The van der Waals surface area contributed by atoms with Crippen molar-refractivity contribution in [3.63, 3.8) is 0 Å². The van der Waals surface area contributed by atoms with E-state index in [-0.39, 0.29) is 17.6 Å². The minimum absolute atomic E-state index is 0.0185. The number of piperidine rings is 1. The molecule has 0 unspecified atom stereocenters. The van der Waals surface area contributed by atoms with Crippen molar-refractivity contribution >= 4 is 5.78 Å². The largest absolute Gasteiger partial charge is 0.412 e. The van der Waals surface area contributed by atoms with Crippen molar-refractivity contribution in [1.29, 1.82) is 0 Å². The number of rotatable bonds is 3. The molecule has 1 saturated heterocycles. The highest BCUT2D eigenvalue weighted by Crippen LogP contribution is 2.20. The van der Waals surface area contributed by atoms with E-state index in [2.05, 4.69) is 20.5 Å². The summed E-state index contributed by atoms with van der Waals surface area (Å²) in [5.41, 5.74) is 1.47. The molecule has 1 fully saturated rings. The lowest BCUT2D eigenvalue weighted by molar-refractivity contribution is 0.0859. The van der Waals surface area contributed by atoms with Crippen LogP contribution < -0.4 is 5.32 Å². The Morgan fingerprint density at radius 1 is 1.30 bits per heavy atom. The molecule has 0 aromatic carbocycles. The minimum Gasteiger partial charge on any atom is -0.412 e. The van der Waals surface area contributed by atoms with Crippen molar-refractivity contribution in [1.82, 2.24) is 20.5 Å². The van der Waals surface area contributed by atoms with Gasteiger partial charge >= 0.3 is 0 Å². The van der Waals surface area contributed by atoms with E-state index in [1.54, 1.807) is 6.07 Å². The molecule has 0 radical (unpaired) electrons. The van der Waals surface area contributed by atoms with E-state index >= 15 is 0 Å². The van der Waals surface area contributed by atoms with Gasteiger partial charge in [-0.2, -0.15) is 0 Å². The van der Waals surface area contributed by atoms with Crippen LogP contribution in [0.5, 0.6) is 0 Å². The molecule has 1 N–H and O–H groups in total. The summed E-state index contributed by atoms with van der Waals surface area (Å²) in [6.07, 6.45) is 1.64. The molecule has 6 nitrogen and oxygen atoms in total. The lowest BCUT2D eigenvalue weighted by Gasteiger charge is -2.19. The smallest absolute Gasteiger partial charge is 0.284 e. The Hall–Kier alpha value is -2.08. The molecule has 0 amide bonds. The number of aryl methyl sites for hydroxylation is 1. The summed E-state index contributed by atoms with van der Waals surface area (Å²) in [5, 5.41) is 11.0. The Balaban J connectivity index is 1.81. The van der Waals surface area contributed by atoms with Crippen LogP contribution in [0.15, 0.2) is 22.6 Å². The van der Waals surface area contributed by atoms with Crippen molar-refractivity contribution < 1.29 is 9.21 Å². The minimum atomic E-state index is -0.0575. The van der Waals surface area contributed by atoms with Crippen LogP contribution in [0.4, 0.5) is 0 Å². The van der Waals surface area contributed by atoms with E-state index in [9.17, 15) is 4.79 Å². The Morgan fingerprint density at radius 2 is 2.10 bits per heavy atom. The van der Waals surface area contributed by atoms with Crippen LogP contribution in [0.3, 0.4) is 0 Å². The van der Waals surface area contributed by atoms with Crippen molar-refractivity contribution in [2.45, 2.75) is 19.8 Å². The van der Waals surface area contributed by atoms with Gasteiger partial charge in [-0.3, -0.25) is 4.79 Å². The second-order valence-electron chi connectivity index (χ2n) is 4.97. The second-order valence-corrected chi connectivity index (χ2v) is 4.97. The zero-order chi connectivity index (χ0) is 13.9. The molecular weight excluding hydrogens is 256 g/mol. The molecule has 3 rings (SSSR count). The predicted octanol–water partition coefficient (Wildman–Crippen LogP) is 1.62. The van der Waals surface area contributed by atoms with E-state index in [0.717, 1.165) is 31.6 Å². The molecule has 3 heterocycles. The van der Waals surface area contributed by atoms with Crippen molar-refractivity contribution in [2.24, 2.45) is 5.92 Å². The number of ketones is 1. The summed E-state index contributed by atoms with van der Waals surface area (Å²) in [4.78, 5) is 16.6. The highest BCUT2D eigenvalue weighted by atomic mass is 16.4. The first-order valence-electron chi connectivity index (χ1n) is 6.76. The maximum atomic E-state index is 12.3. The molecule has 0 saturated carbocycles. The molecular formula is C14H16N4O2. The Kier molecular flexibility index (Phi) is 3.56. The molecule has 6 heteroatoms. The molecule has 0 atom stereocenters. The topological polar surface area (TPSA) is 80.9 Å². The zero-order valence-corrected chi connectivity index (χ0v) is 11.3. The first kappa shape index (κ1) is 12.9. The van der Waals surface area contributed by atoms with E-state index in [4.69, 9.17) is 4.42 Å². The summed E-state index contributed by atoms with van der Waals surface area (Å²) in [6, 6.07) is 5.55. The van der Waals surface area contributed by atoms with Crippen LogP contribution in [0.1, 0.15) is 29.2 Å². The van der Waals surface area contributed by atoms with Crippen molar-refractivity contribution in [3.05, 3.63) is 29.8 Å². The molecule has 0 spiro atoms. The second kappa shape index (κ2) is 5.50. The fourth-order valence-corrected chi connectivity index (χ4v) is 2.35. The third kappa shape index (κ3) is 2.60. The van der Waals surface area contributed by atoms with Gasteiger partial charge in [0.05, 0.1) is 0 Å². The van der Waals surface area contributed by atoms with Gasteiger partial charge in [0, 0.05) is 11.6 Å². The highest BCUT2D eigenvalue weighted by molar-refractivity contribution is 5.93. The Labute approximate surface area is 116 Å². The number of hydrogen-bond acceptors (Lipinski definition) is 6. The van der Waals surface area contributed by atoms with E-state index < -0.39 is 0 Å². The fourth-order valence-electron chi connectivity index (χ4n) is 2.35. The molecule has 1 aliphatic heterocycles. The van der Waals surface area contributed by atoms with Gasteiger partial charge in [-0.25, -0.2) is 4.98 Å². The van der Waals surface area contributed by atoms with Gasteiger partial charge in [-0.05, 0) is 45.0 Å². The number of carbonyl (C=O) groups is 1. The predicted molar refractivity (Wildman–Crippen MR) is 72.2 cm³/mol. The third-order valence-corrected chi connectivity index (χ3v) is 3.45. The first-order valence-corrected chi connectivity index (χ1v) is 6.76. The fraction of sp³-hybridized carbons (Fsp3) is 0.429. The van der Waals surface area contributed by atoms with Gasteiger partial charge in [0.1, 0.15) is 5.69 Å². The van der Waals surface area contributed by atoms with Crippen LogP contribution in [0, 0.1) is 12.8 Å². The average Bonchev–Trinajstić information content (AvgIpc) is 2.97. The van der Waals surface area contributed by atoms with E-state index in [0.29, 0.717) is 11.6 Å². The van der Waals surface area contributed by atoms with Gasteiger partial charge in [0.2, 0.25) is 5.78 Å². The highest BCUT2D eigenvalue weighted by Gasteiger charge is 2.26. The summed E-state index contributed by atoms with van der Waals surface area (Å²) in [7, 11) is 0. The number of hydrogen-bond donors (Lipinski definition) is 1. The summed E-state index contributed by atoms with van der Waals surface area (Å²) >= 11 is 0. The van der Waals surface area contributed by atoms with Crippen molar-refractivity contribution in [3.8, 4) is 11.6 Å². The SMILES string of the molecule is Cc1cccc(-c2nnc(C(=O)C3CCNCC3)o2)n1. The summed E-state index contributed by atoms with van der Waals surface area (Å²) in [5.74, 6) is 0.314. The maximum absolute atomic E-state index is 12.3. The van der Waals surface area contributed by atoms with Crippen LogP contribution in [0.25, 0.3) is 11.6 Å². The first-order chi connectivity index (χ1) is 9.74. The summed E-state index contributed by atoms with van der Waals surface area (Å²) in [6.45, 7) is 3.61.